The molecule has 0 saturated carbocycles. The van der Waals surface area contributed by atoms with Crippen LogP contribution in [-0.4, -0.2) is 28.6 Å². The topological polar surface area (TPSA) is 85.5 Å². The Morgan fingerprint density at radius 2 is 2.00 bits per heavy atom. The first-order valence-corrected chi connectivity index (χ1v) is 9.68. The Balaban J connectivity index is 1.37. The average molecular weight is 409 g/mol. The number of halogens is 1. The third-order valence-corrected chi connectivity index (χ3v) is 5.03. The van der Waals surface area contributed by atoms with Crippen LogP contribution in [0, 0.1) is 11.7 Å². The molecule has 1 amide bonds. The van der Waals surface area contributed by atoms with E-state index in [0.717, 1.165) is 17.7 Å². The van der Waals surface area contributed by atoms with Crippen molar-refractivity contribution in [1.29, 1.82) is 0 Å². The highest BCUT2D eigenvalue weighted by atomic mass is 19.1. The van der Waals surface area contributed by atoms with Crippen LogP contribution in [0.1, 0.15) is 24.8 Å². The smallest absolute Gasteiger partial charge is 0.311 e. The van der Waals surface area contributed by atoms with Gasteiger partial charge >= 0.3 is 5.97 Å². The second-order valence-electron chi connectivity index (χ2n) is 7.01. The monoisotopic (exact) mass is 409 g/mol. The van der Waals surface area contributed by atoms with E-state index in [0.29, 0.717) is 5.56 Å². The van der Waals surface area contributed by atoms with Gasteiger partial charge in [-0.3, -0.25) is 9.59 Å². The third kappa shape index (κ3) is 4.07. The number of amides is 1. The number of esters is 1. The second kappa shape index (κ2) is 8.44. The zero-order valence-electron chi connectivity index (χ0n) is 16.4. The van der Waals surface area contributed by atoms with Gasteiger partial charge in [0, 0.05) is 24.2 Å². The van der Waals surface area contributed by atoms with E-state index in [2.05, 4.69) is 10.1 Å². The molecule has 2 heterocycles. The molecular formula is C22H20FN3O4. The summed E-state index contributed by atoms with van der Waals surface area (Å²) in [7, 11) is 0. The molecule has 1 aliphatic rings. The summed E-state index contributed by atoms with van der Waals surface area (Å²) in [6, 6.07) is 13.3. The first-order chi connectivity index (χ1) is 14.5. The lowest BCUT2D eigenvalue weighted by Gasteiger charge is -2.19. The summed E-state index contributed by atoms with van der Waals surface area (Å²) >= 11 is 0. The molecule has 0 radical (unpaired) electrons. The first kappa shape index (κ1) is 19.8. The van der Waals surface area contributed by atoms with Crippen molar-refractivity contribution in [1.82, 2.24) is 10.1 Å². The van der Waals surface area contributed by atoms with Gasteiger partial charge in [0.25, 0.3) is 5.89 Å². The summed E-state index contributed by atoms with van der Waals surface area (Å²) in [6.07, 6.45) is 0.893. The van der Waals surface area contributed by atoms with Crippen molar-refractivity contribution in [3.63, 3.8) is 0 Å². The van der Waals surface area contributed by atoms with Crippen molar-refractivity contribution in [2.24, 2.45) is 5.92 Å². The Bertz CT molecular complexity index is 1060. The predicted octanol–water partition coefficient (Wildman–Crippen LogP) is 3.53. The Labute approximate surface area is 172 Å². The van der Waals surface area contributed by atoms with Crippen molar-refractivity contribution < 1.29 is 23.2 Å². The molecule has 1 aliphatic heterocycles. The number of hydrogen-bond donors (Lipinski definition) is 0. The van der Waals surface area contributed by atoms with Crippen LogP contribution in [-0.2, 0) is 27.4 Å². The van der Waals surface area contributed by atoms with Crippen LogP contribution in [0.25, 0.3) is 11.4 Å². The number of hydrogen-bond acceptors (Lipinski definition) is 6. The summed E-state index contributed by atoms with van der Waals surface area (Å²) in [5.41, 5.74) is 2.48. The number of carbonyl (C=O) groups excluding carboxylic acids is 2. The molecule has 2 aromatic carbocycles. The zero-order chi connectivity index (χ0) is 21.1. The van der Waals surface area contributed by atoms with Gasteiger partial charge in [-0.2, -0.15) is 4.98 Å². The Hall–Kier alpha value is -3.55. The Kier molecular flexibility index (Phi) is 5.56. The summed E-state index contributed by atoms with van der Waals surface area (Å²) in [4.78, 5) is 30.7. The van der Waals surface area contributed by atoms with Gasteiger partial charge < -0.3 is 14.2 Å². The first-order valence-electron chi connectivity index (χ1n) is 9.68. The molecule has 0 bridgehead atoms. The van der Waals surface area contributed by atoms with Crippen LogP contribution in [0.3, 0.4) is 0 Å². The lowest BCUT2D eigenvalue weighted by molar-refractivity contribution is -0.150. The molecule has 1 fully saturated rings. The van der Waals surface area contributed by atoms with E-state index in [9.17, 15) is 14.0 Å². The largest absolute Gasteiger partial charge is 0.455 e. The Morgan fingerprint density at radius 3 is 2.77 bits per heavy atom. The van der Waals surface area contributed by atoms with Gasteiger partial charge in [0.1, 0.15) is 5.82 Å². The molecule has 3 aromatic rings. The van der Waals surface area contributed by atoms with Crippen LogP contribution in [0.4, 0.5) is 10.1 Å². The molecule has 0 N–H and O–H groups in total. The fourth-order valence-electron chi connectivity index (χ4n) is 3.45. The number of para-hydroxylation sites is 1. The number of benzene rings is 2. The quantitative estimate of drug-likeness (QED) is 0.579. The lowest BCUT2D eigenvalue weighted by Crippen LogP contribution is -2.27. The maximum absolute atomic E-state index is 13.0. The van der Waals surface area contributed by atoms with Gasteiger partial charge in [0.15, 0.2) is 6.61 Å². The van der Waals surface area contributed by atoms with Crippen molar-refractivity contribution >= 4 is 17.6 Å². The molecule has 7 nitrogen and oxygen atoms in total. The minimum Gasteiger partial charge on any atom is -0.455 e. The van der Waals surface area contributed by atoms with Gasteiger partial charge in [-0.25, -0.2) is 4.39 Å². The van der Waals surface area contributed by atoms with Crippen molar-refractivity contribution in [3.05, 3.63) is 65.8 Å². The number of aryl methyl sites for hydroxylation is 1. The maximum Gasteiger partial charge on any atom is 0.311 e. The molecule has 1 atom stereocenters. The number of nitrogens with zero attached hydrogens (tertiary/aromatic N) is 3. The van der Waals surface area contributed by atoms with Crippen molar-refractivity contribution in [3.8, 4) is 11.4 Å². The molecule has 8 heteroatoms. The predicted molar refractivity (Wildman–Crippen MR) is 106 cm³/mol. The second-order valence-corrected chi connectivity index (χ2v) is 7.01. The number of ether oxygens (including phenoxy) is 1. The van der Waals surface area contributed by atoms with E-state index in [1.165, 1.54) is 24.3 Å². The maximum atomic E-state index is 13.0. The number of rotatable bonds is 6. The minimum absolute atomic E-state index is 0.0988. The van der Waals surface area contributed by atoms with Gasteiger partial charge in [-0.05, 0) is 42.3 Å². The fourth-order valence-corrected chi connectivity index (χ4v) is 3.45. The lowest BCUT2D eigenvalue weighted by atomic mass is 10.1. The van der Waals surface area contributed by atoms with Crippen LogP contribution in [0.2, 0.25) is 0 Å². The van der Waals surface area contributed by atoms with Crippen LogP contribution < -0.4 is 4.90 Å². The molecule has 1 saturated heterocycles. The van der Waals surface area contributed by atoms with Crippen LogP contribution in [0.15, 0.2) is 53.1 Å². The average Bonchev–Trinajstić information content (AvgIpc) is 3.39. The molecule has 0 unspecified atom stereocenters. The van der Waals surface area contributed by atoms with Crippen molar-refractivity contribution in [2.45, 2.75) is 26.4 Å². The van der Waals surface area contributed by atoms with Gasteiger partial charge in [-0.1, -0.05) is 30.3 Å². The van der Waals surface area contributed by atoms with E-state index >= 15 is 0 Å². The molecule has 30 heavy (non-hydrogen) atoms. The third-order valence-electron chi connectivity index (χ3n) is 5.03. The van der Waals surface area contributed by atoms with E-state index < -0.39 is 11.9 Å². The van der Waals surface area contributed by atoms with E-state index in [1.807, 2.05) is 31.2 Å². The number of anilines is 1. The zero-order valence-corrected chi connectivity index (χ0v) is 16.4. The Morgan fingerprint density at radius 1 is 1.23 bits per heavy atom. The molecular weight excluding hydrogens is 389 g/mol. The highest BCUT2D eigenvalue weighted by Gasteiger charge is 2.37. The van der Waals surface area contributed by atoms with Crippen molar-refractivity contribution in [2.75, 3.05) is 11.4 Å². The SMILES string of the molecule is CCc1ccccc1N1C[C@@H](C(=O)OCc2nc(-c3ccc(F)cc3)no2)CC1=O. The summed E-state index contributed by atoms with van der Waals surface area (Å²) < 4.78 is 23.4. The van der Waals surface area contributed by atoms with E-state index in [-0.39, 0.29) is 43.0 Å². The van der Waals surface area contributed by atoms with E-state index in [4.69, 9.17) is 9.26 Å². The van der Waals surface area contributed by atoms with E-state index in [1.54, 1.807) is 4.90 Å². The molecule has 0 spiro atoms. The van der Waals surface area contributed by atoms with Gasteiger partial charge in [0.2, 0.25) is 11.7 Å². The summed E-state index contributed by atoms with van der Waals surface area (Å²) in [6.45, 7) is 2.11. The summed E-state index contributed by atoms with van der Waals surface area (Å²) in [5.74, 6) is -1.10. The number of aromatic nitrogens is 2. The highest BCUT2D eigenvalue weighted by molar-refractivity contribution is 6.00. The normalized spacial score (nSPS) is 16.1. The van der Waals surface area contributed by atoms with Crippen LogP contribution in [0.5, 0.6) is 0 Å². The number of carbonyl (C=O) groups is 2. The van der Waals surface area contributed by atoms with Gasteiger partial charge in [-0.15, -0.1) is 0 Å². The molecule has 0 aliphatic carbocycles. The highest BCUT2D eigenvalue weighted by Crippen LogP contribution is 2.29. The molecule has 4 rings (SSSR count). The van der Waals surface area contributed by atoms with Gasteiger partial charge in [0.05, 0.1) is 5.92 Å². The molecule has 1 aromatic heterocycles. The minimum atomic E-state index is -0.554. The van der Waals surface area contributed by atoms with Crippen LogP contribution >= 0.6 is 0 Å². The molecule has 154 valence electrons. The fraction of sp³-hybridized carbons (Fsp3) is 0.273. The summed E-state index contributed by atoms with van der Waals surface area (Å²) in [5, 5.41) is 3.81. The standard InChI is InChI=1S/C22H20FN3O4/c1-2-14-5-3-4-6-18(14)26-12-16(11-20(26)27)22(28)29-13-19-24-21(25-30-19)15-7-9-17(23)10-8-15/h3-10,16H,2,11-13H2,1H3/t16-/m0/s1.